The zero-order valence-corrected chi connectivity index (χ0v) is 18.6. The number of nitrogens with zero attached hydrogens (tertiary/aromatic N) is 3. The number of ketones is 1. The lowest BCUT2D eigenvalue weighted by Crippen LogP contribution is -2.46. The summed E-state index contributed by atoms with van der Waals surface area (Å²) in [4.78, 5) is 22.5. The fourth-order valence-corrected chi connectivity index (χ4v) is 4.68. The first kappa shape index (κ1) is 24.2. The fraction of sp³-hybridized carbons (Fsp3) is 0.444. The number of anilines is 1. The smallest absolute Gasteiger partial charge is 0.176 e. The van der Waals surface area contributed by atoms with Crippen molar-refractivity contribution in [1.29, 1.82) is 0 Å². The van der Waals surface area contributed by atoms with Crippen molar-refractivity contribution in [1.82, 2.24) is 9.88 Å². The van der Waals surface area contributed by atoms with Gasteiger partial charge in [-0.25, -0.2) is 4.98 Å². The average Bonchev–Trinajstić information content (AvgIpc) is 3.02. The second-order valence-electron chi connectivity index (χ2n) is 6.08. The van der Waals surface area contributed by atoms with Crippen molar-refractivity contribution in [3.8, 4) is 0 Å². The molecule has 2 aromatic rings. The van der Waals surface area contributed by atoms with Gasteiger partial charge in [0.2, 0.25) is 0 Å². The molecule has 0 aliphatic carbocycles. The van der Waals surface area contributed by atoms with E-state index in [0.717, 1.165) is 52.7 Å². The number of hydrogen-bond acceptors (Lipinski definition) is 6. The van der Waals surface area contributed by atoms with Gasteiger partial charge in [-0.15, -0.1) is 23.7 Å². The molecule has 0 spiro atoms. The van der Waals surface area contributed by atoms with E-state index in [9.17, 15) is 4.79 Å². The Balaban J connectivity index is 0.00000182. The number of carbonyl (C=O) groups is 1. The molecule has 3 rings (SSSR count). The minimum atomic E-state index is 0. The highest BCUT2D eigenvalue weighted by molar-refractivity contribution is 8.00. The number of thiazole rings is 1. The Morgan fingerprint density at radius 2 is 1.85 bits per heavy atom. The molecule has 0 atom stereocenters. The fourth-order valence-electron chi connectivity index (χ4n) is 2.97. The molecular weight excluding hydrogens is 425 g/mol. The van der Waals surface area contributed by atoms with Crippen molar-refractivity contribution in [3.63, 3.8) is 0 Å². The first-order chi connectivity index (χ1) is 12.1. The maximum atomic E-state index is 12.5. The monoisotopic (exact) mass is 449 g/mol. The molecule has 1 saturated heterocycles. The molecule has 1 aromatic carbocycles. The van der Waals surface area contributed by atoms with E-state index in [4.69, 9.17) is 11.6 Å². The third kappa shape index (κ3) is 6.34. The lowest BCUT2D eigenvalue weighted by molar-refractivity contribution is 0.0965. The van der Waals surface area contributed by atoms with Crippen LogP contribution in [0.3, 0.4) is 0 Å². The number of aromatic nitrogens is 1. The molecule has 5 nitrogen and oxygen atoms in total. The molecule has 0 unspecified atom stereocenters. The van der Waals surface area contributed by atoms with E-state index in [1.807, 2.05) is 25.3 Å². The number of aryl methyl sites for hydroxylation is 1. The molecule has 150 valence electrons. The van der Waals surface area contributed by atoms with Gasteiger partial charge < -0.3 is 10.4 Å². The maximum Gasteiger partial charge on any atom is 0.176 e. The summed E-state index contributed by atoms with van der Waals surface area (Å²) in [6, 6.07) is 8.00. The van der Waals surface area contributed by atoms with Gasteiger partial charge in [0.05, 0.1) is 10.6 Å². The normalized spacial score (nSPS) is 14.4. The van der Waals surface area contributed by atoms with Gasteiger partial charge in [-0.2, -0.15) is 0 Å². The summed E-state index contributed by atoms with van der Waals surface area (Å²) in [7, 11) is 0. The Kier molecular flexibility index (Phi) is 10.1. The van der Waals surface area contributed by atoms with Crippen LogP contribution in [-0.2, 0) is 0 Å². The van der Waals surface area contributed by atoms with Crippen molar-refractivity contribution < 1.29 is 10.3 Å². The zero-order valence-electron chi connectivity index (χ0n) is 15.4. The Morgan fingerprint density at radius 3 is 2.41 bits per heavy atom. The predicted molar refractivity (Wildman–Crippen MR) is 119 cm³/mol. The summed E-state index contributed by atoms with van der Waals surface area (Å²) in [6.45, 7) is 6.66. The van der Waals surface area contributed by atoms with Gasteiger partial charge in [-0.05, 0) is 37.4 Å². The molecule has 27 heavy (non-hydrogen) atoms. The Morgan fingerprint density at radius 1 is 1.22 bits per heavy atom. The second kappa shape index (κ2) is 11.2. The molecule has 1 fully saturated rings. The molecule has 1 aliphatic heterocycles. The number of hydrogen-bond donors (Lipinski definition) is 0. The van der Waals surface area contributed by atoms with Crippen LogP contribution >= 0.6 is 47.1 Å². The number of halogens is 2. The third-order valence-electron chi connectivity index (χ3n) is 4.42. The quantitative estimate of drug-likeness (QED) is 0.495. The van der Waals surface area contributed by atoms with Gasteiger partial charge in [-0.3, -0.25) is 9.69 Å². The van der Waals surface area contributed by atoms with E-state index in [0.29, 0.717) is 6.42 Å². The molecule has 0 saturated carbocycles. The van der Waals surface area contributed by atoms with E-state index in [-0.39, 0.29) is 23.7 Å². The van der Waals surface area contributed by atoms with Crippen LogP contribution in [0, 0.1) is 6.92 Å². The third-order valence-corrected chi connectivity index (χ3v) is 6.86. The largest absolute Gasteiger partial charge is 0.412 e. The zero-order chi connectivity index (χ0) is 17.8. The second-order valence-corrected chi connectivity index (χ2v) is 8.57. The van der Waals surface area contributed by atoms with Crippen molar-refractivity contribution in [2.45, 2.75) is 17.7 Å². The molecule has 9 heteroatoms. The lowest BCUT2D eigenvalue weighted by atomic mass is 10.2. The van der Waals surface area contributed by atoms with E-state index >= 15 is 0 Å². The van der Waals surface area contributed by atoms with Crippen molar-refractivity contribution in [2.24, 2.45) is 0 Å². The van der Waals surface area contributed by atoms with Crippen LogP contribution in [0.4, 0.5) is 5.69 Å². The van der Waals surface area contributed by atoms with Gasteiger partial charge in [0, 0.05) is 49.9 Å². The number of piperazine rings is 1. The summed E-state index contributed by atoms with van der Waals surface area (Å²) in [6.07, 6.45) is 2.56. The summed E-state index contributed by atoms with van der Waals surface area (Å²) < 4.78 is 0.970. The van der Waals surface area contributed by atoms with Crippen LogP contribution in [0.2, 0.25) is 5.02 Å². The van der Waals surface area contributed by atoms with Crippen LogP contribution < -0.4 is 4.90 Å². The highest BCUT2D eigenvalue weighted by Gasteiger charge is 2.20. The van der Waals surface area contributed by atoms with Gasteiger partial charge in [0.1, 0.15) is 0 Å². The number of rotatable bonds is 6. The Bertz CT molecular complexity index is 733. The van der Waals surface area contributed by atoms with E-state index in [1.165, 1.54) is 17.0 Å². The first-order valence-corrected chi connectivity index (χ1v) is 10.8. The number of carbonyl (C=O) groups excluding carboxylic acids is 1. The molecule has 2 N–H and O–H groups in total. The van der Waals surface area contributed by atoms with Crippen molar-refractivity contribution >= 4 is 58.6 Å². The van der Waals surface area contributed by atoms with Crippen molar-refractivity contribution in [3.05, 3.63) is 39.9 Å². The predicted octanol–water partition coefficient (Wildman–Crippen LogP) is 3.82. The standard InChI is InChI=1S/C18H22ClN3OS2.ClH.H2O/c1-13-17(25-18(20-13)24-2)16(23)7-8-21-9-11-22(12-10-21)15-5-3-14(19)4-6-15;;/h3-6H,7-12H2,1-2H3;1H;1H2. The molecule has 1 aromatic heterocycles. The molecule has 2 heterocycles. The van der Waals surface area contributed by atoms with Crippen LogP contribution in [0.15, 0.2) is 28.6 Å². The average molecular weight is 450 g/mol. The SMILES string of the molecule is CSc1nc(C)c(C(=O)CCN2CCN(c3ccc(Cl)cc3)CC2)s1.Cl.O. The van der Waals surface area contributed by atoms with Crippen molar-refractivity contribution in [2.75, 3.05) is 43.9 Å². The van der Waals surface area contributed by atoms with Gasteiger partial charge in [0.25, 0.3) is 0 Å². The van der Waals surface area contributed by atoms with E-state index < -0.39 is 0 Å². The van der Waals surface area contributed by atoms with Crippen LogP contribution in [0.25, 0.3) is 0 Å². The minimum absolute atomic E-state index is 0. The first-order valence-electron chi connectivity index (χ1n) is 8.34. The molecule has 0 radical (unpaired) electrons. The van der Waals surface area contributed by atoms with Crippen LogP contribution in [-0.4, -0.2) is 60.1 Å². The van der Waals surface area contributed by atoms with Gasteiger partial charge in [0.15, 0.2) is 10.1 Å². The topological polar surface area (TPSA) is 67.9 Å². The minimum Gasteiger partial charge on any atom is -0.412 e. The maximum absolute atomic E-state index is 12.5. The number of thioether (sulfide) groups is 1. The molecule has 0 bridgehead atoms. The van der Waals surface area contributed by atoms with Crippen LogP contribution in [0.5, 0.6) is 0 Å². The molecule has 1 aliphatic rings. The Hall–Kier alpha value is -0.830. The Labute approximate surface area is 179 Å². The molecule has 0 amide bonds. The van der Waals surface area contributed by atoms with Gasteiger partial charge >= 0.3 is 0 Å². The molecular formula is C18H25Cl2N3O2S2. The summed E-state index contributed by atoms with van der Waals surface area (Å²) in [5, 5.41) is 0.767. The lowest BCUT2D eigenvalue weighted by Gasteiger charge is -2.36. The summed E-state index contributed by atoms with van der Waals surface area (Å²) in [5.41, 5.74) is 2.08. The van der Waals surface area contributed by atoms with E-state index in [1.54, 1.807) is 11.8 Å². The summed E-state index contributed by atoms with van der Waals surface area (Å²) >= 11 is 9.07. The van der Waals surface area contributed by atoms with Crippen LogP contribution in [0.1, 0.15) is 21.8 Å². The highest BCUT2D eigenvalue weighted by Crippen LogP contribution is 2.26. The number of benzene rings is 1. The van der Waals surface area contributed by atoms with E-state index in [2.05, 4.69) is 26.9 Å². The number of Topliss-reactive ketones (excluding diaryl/α,β-unsaturated/α-hetero) is 1. The summed E-state index contributed by atoms with van der Waals surface area (Å²) in [5.74, 6) is 0.218. The van der Waals surface area contributed by atoms with Gasteiger partial charge in [-0.1, -0.05) is 23.4 Å². The highest BCUT2D eigenvalue weighted by atomic mass is 35.5.